The number of nitrogens with zero attached hydrogens (tertiary/aromatic N) is 3. The molecule has 0 spiro atoms. The molecule has 26 heavy (non-hydrogen) atoms. The summed E-state index contributed by atoms with van der Waals surface area (Å²) in [6, 6.07) is 20.4. The van der Waals surface area contributed by atoms with Crippen molar-refractivity contribution in [2.75, 3.05) is 19.6 Å². The van der Waals surface area contributed by atoms with Gasteiger partial charge in [0.05, 0.1) is 11.6 Å². The number of carbonyl (C=O) groups is 1. The van der Waals surface area contributed by atoms with Gasteiger partial charge >= 0.3 is 0 Å². The summed E-state index contributed by atoms with van der Waals surface area (Å²) < 4.78 is 0. The molecule has 1 heterocycles. The highest BCUT2D eigenvalue weighted by Crippen LogP contribution is 2.30. The summed E-state index contributed by atoms with van der Waals surface area (Å²) in [7, 11) is 0. The summed E-state index contributed by atoms with van der Waals surface area (Å²) in [4.78, 5) is 17.7. The fourth-order valence-corrected chi connectivity index (χ4v) is 3.83. The van der Waals surface area contributed by atoms with Crippen LogP contribution in [0.4, 0.5) is 0 Å². The summed E-state index contributed by atoms with van der Waals surface area (Å²) in [5, 5.41) is 8.96. The lowest BCUT2D eigenvalue weighted by Crippen LogP contribution is -2.56. The Morgan fingerprint density at radius 1 is 1.04 bits per heavy atom. The van der Waals surface area contributed by atoms with Crippen LogP contribution in [0.3, 0.4) is 0 Å². The molecule has 2 aromatic carbocycles. The van der Waals surface area contributed by atoms with Crippen molar-refractivity contribution in [2.45, 2.75) is 31.3 Å². The topological polar surface area (TPSA) is 47.3 Å². The fourth-order valence-electron chi connectivity index (χ4n) is 3.83. The van der Waals surface area contributed by atoms with Gasteiger partial charge in [0.15, 0.2) is 0 Å². The predicted octanol–water partition coefficient (Wildman–Crippen LogP) is 3.09. The van der Waals surface area contributed by atoms with Crippen molar-refractivity contribution in [1.29, 1.82) is 5.26 Å². The van der Waals surface area contributed by atoms with E-state index >= 15 is 0 Å². The minimum Gasteiger partial charge on any atom is -0.333 e. The summed E-state index contributed by atoms with van der Waals surface area (Å²) in [6.45, 7) is 2.67. The Balaban J connectivity index is 1.54. The maximum absolute atomic E-state index is 13.1. The molecule has 1 unspecified atom stereocenters. The van der Waals surface area contributed by atoms with Crippen LogP contribution in [0.2, 0.25) is 0 Å². The van der Waals surface area contributed by atoms with E-state index in [1.165, 1.54) is 18.4 Å². The van der Waals surface area contributed by atoms with E-state index in [1.807, 2.05) is 11.0 Å². The average Bonchev–Trinajstić information content (AvgIpc) is 3.54. The van der Waals surface area contributed by atoms with E-state index in [2.05, 4.69) is 35.2 Å². The first-order valence-electron chi connectivity index (χ1n) is 9.34. The molecule has 1 saturated carbocycles. The average molecular weight is 345 g/mol. The zero-order valence-electron chi connectivity index (χ0n) is 14.8. The number of rotatable bonds is 4. The Kier molecular flexibility index (Phi) is 4.73. The molecular formula is C22H23N3O. The van der Waals surface area contributed by atoms with Crippen LogP contribution in [0.25, 0.3) is 0 Å². The third kappa shape index (κ3) is 3.63. The second-order valence-electron chi connectivity index (χ2n) is 7.26. The monoisotopic (exact) mass is 345 g/mol. The van der Waals surface area contributed by atoms with Crippen LogP contribution in [0.1, 0.15) is 34.3 Å². The molecule has 4 rings (SSSR count). The van der Waals surface area contributed by atoms with Crippen LogP contribution in [0.5, 0.6) is 0 Å². The maximum Gasteiger partial charge on any atom is 0.254 e. The van der Waals surface area contributed by atoms with Gasteiger partial charge in [0.2, 0.25) is 0 Å². The van der Waals surface area contributed by atoms with Crippen molar-refractivity contribution in [3.8, 4) is 6.07 Å². The van der Waals surface area contributed by atoms with Gasteiger partial charge in [0, 0.05) is 37.3 Å². The number of hydrogen-bond donors (Lipinski definition) is 0. The molecule has 0 bridgehead atoms. The molecule has 0 radical (unpaired) electrons. The van der Waals surface area contributed by atoms with Gasteiger partial charge < -0.3 is 4.90 Å². The van der Waals surface area contributed by atoms with Gasteiger partial charge in [-0.25, -0.2) is 0 Å². The van der Waals surface area contributed by atoms with E-state index in [4.69, 9.17) is 5.26 Å². The van der Waals surface area contributed by atoms with Crippen molar-refractivity contribution in [1.82, 2.24) is 9.80 Å². The molecule has 132 valence electrons. The molecule has 0 N–H and O–H groups in total. The molecule has 1 amide bonds. The molecule has 2 aliphatic rings. The highest BCUT2D eigenvalue weighted by atomic mass is 16.2. The molecular weight excluding hydrogens is 322 g/mol. The maximum atomic E-state index is 13.1. The van der Waals surface area contributed by atoms with Gasteiger partial charge in [-0.3, -0.25) is 9.69 Å². The highest BCUT2D eigenvalue weighted by Gasteiger charge is 2.37. The molecule has 0 aromatic heterocycles. The summed E-state index contributed by atoms with van der Waals surface area (Å²) in [5.74, 6) is 0.0749. The first kappa shape index (κ1) is 16.8. The number of piperazine rings is 1. The van der Waals surface area contributed by atoms with Crippen LogP contribution in [-0.2, 0) is 6.42 Å². The third-order valence-electron chi connectivity index (χ3n) is 5.41. The van der Waals surface area contributed by atoms with Crippen LogP contribution >= 0.6 is 0 Å². The molecule has 1 aliphatic carbocycles. The van der Waals surface area contributed by atoms with Gasteiger partial charge in [-0.1, -0.05) is 30.3 Å². The van der Waals surface area contributed by atoms with Crippen LogP contribution in [-0.4, -0.2) is 47.4 Å². The predicted molar refractivity (Wildman–Crippen MR) is 101 cm³/mol. The highest BCUT2D eigenvalue weighted by molar-refractivity contribution is 5.94. The lowest BCUT2D eigenvalue weighted by molar-refractivity contribution is 0.0437. The van der Waals surface area contributed by atoms with Crippen LogP contribution < -0.4 is 0 Å². The zero-order valence-corrected chi connectivity index (χ0v) is 14.8. The SMILES string of the molecule is N#Cc1ccc(C(=O)N2CCN(C3CC3)CC2Cc2ccccc2)cc1. The van der Waals surface area contributed by atoms with Crippen molar-refractivity contribution >= 4 is 5.91 Å². The van der Waals surface area contributed by atoms with Gasteiger partial charge in [0.1, 0.15) is 0 Å². The van der Waals surface area contributed by atoms with E-state index in [1.54, 1.807) is 24.3 Å². The third-order valence-corrected chi connectivity index (χ3v) is 5.41. The zero-order chi connectivity index (χ0) is 17.9. The Morgan fingerprint density at radius 3 is 2.42 bits per heavy atom. The largest absolute Gasteiger partial charge is 0.333 e. The number of hydrogen-bond acceptors (Lipinski definition) is 3. The Hall–Kier alpha value is -2.64. The van der Waals surface area contributed by atoms with E-state index in [-0.39, 0.29) is 11.9 Å². The summed E-state index contributed by atoms with van der Waals surface area (Å²) in [5.41, 5.74) is 2.52. The Morgan fingerprint density at radius 2 is 1.77 bits per heavy atom. The summed E-state index contributed by atoms with van der Waals surface area (Å²) >= 11 is 0. The van der Waals surface area contributed by atoms with Crippen molar-refractivity contribution < 1.29 is 4.79 Å². The second-order valence-corrected chi connectivity index (χ2v) is 7.26. The molecule has 2 aromatic rings. The minimum atomic E-state index is 0.0749. The van der Waals surface area contributed by atoms with Gasteiger partial charge in [0.25, 0.3) is 5.91 Å². The first-order valence-corrected chi connectivity index (χ1v) is 9.34. The number of nitriles is 1. The smallest absolute Gasteiger partial charge is 0.254 e. The molecule has 1 aliphatic heterocycles. The minimum absolute atomic E-state index is 0.0749. The van der Waals surface area contributed by atoms with E-state index < -0.39 is 0 Å². The van der Waals surface area contributed by atoms with Gasteiger partial charge in [-0.2, -0.15) is 5.26 Å². The Labute approximate surface area is 154 Å². The Bertz CT molecular complexity index is 806. The van der Waals surface area contributed by atoms with Crippen molar-refractivity contribution in [3.63, 3.8) is 0 Å². The second kappa shape index (κ2) is 7.31. The fraction of sp³-hybridized carbons (Fsp3) is 0.364. The number of benzene rings is 2. The van der Waals surface area contributed by atoms with E-state index in [0.29, 0.717) is 11.1 Å². The molecule has 1 saturated heterocycles. The normalized spacial score (nSPS) is 20.6. The quantitative estimate of drug-likeness (QED) is 0.855. The number of carbonyl (C=O) groups excluding carboxylic acids is 1. The van der Waals surface area contributed by atoms with Crippen LogP contribution in [0.15, 0.2) is 54.6 Å². The van der Waals surface area contributed by atoms with Crippen LogP contribution in [0, 0.1) is 11.3 Å². The van der Waals surface area contributed by atoms with Gasteiger partial charge in [-0.05, 0) is 49.1 Å². The van der Waals surface area contributed by atoms with Gasteiger partial charge in [-0.15, -0.1) is 0 Å². The lowest BCUT2D eigenvalue weighted by atomic mass is 10.0. The van der Waals surface area contributed by atoms with E-state index in [0.717, 1.165) is 32.1 Å². The van der Waals surface area contributed by atoms with E-state index in [9.17, 15) is 4.79 Å². The number of amides is 1. The van der Waals surface area contributed by atoms with Crippen molar-refractivity contribution in [2.24, 2.45) is 0 Å². The first-order chi connectivity index (χ1) is 12.7. The molecule has 4 heteroatoms. The molecule has 1 atom stereocenters. The standard InChI is InChI=1S/C22H23N3O/c23-15-18-6-8-19(9-7-18)22(26)25-13-12-24(20-10-11-20)16-21(25)14-17-4-2-1-3-5-17/h1-9,20-21H,10-14,16H2. The molecule has 4 nitrogen and oxygen atoms in total. The molecule has 2 fully saturated rings. The summed E-state index contributed by atoms with van der Waals surface area (Å²) in [6.07, 6.45) is 3.47. The van der Waals surface area contributed by atoms with Crippen molar-refractivity contribution in [3.05, 3.63) is 71.3 Å². The lowest BCUT2D eigenvalue weighted by Gasteiger charge is -2.42.